The minimum atomic E-state index is -1.13. The van der Waals surface area contributed by atoms with Crippen molar-refractivity contribution >= 4 is 22.7 Å². The molecule has 15 heteroatoms. The summed E-state index contributed by atoms with van der Waals surface area (Å²) < 4.78 is 39.9. The highest BCUT2D eigenvalue weighted by molar-refractivity contribution is 5.88. The van der Waals surface area contributed by atoms with Crippen molar-refractivity contribution in [3.05, 3.63) is 86.7 Å². The molecule has 5 rings (SSSR count). The summed E-state index contributed by atoms with van der Waals surface area (Å²) in [6.45, 7) is 1.66. The number of hydrogen-bond acceptors (Lipinski definition) is 10. The topological polar surface area (TPSA) is 154 Å². The first-order valence-electron chi connectivity index (χ1n) is 12.7. The second-order valence-electron chi connectivity index (χ2n) is 9.30. The number of aryl methyl sites for hydroxylation is 3. The number of nitrogens with zero attached hydrogens (tertiary/aromatic N) is 6. The van der Waals surface area contributed by atoms with Gasteiger partial charge in [-0.3, -0.25) is 19.8 Å². The van der Waals surface area contributed by atoms with Crippen LogP contribution in [0.4, 0.5) is 14.9 Å². The van der Waals surface area contributed by atoms with Crippen LogP contribution in [0.15, 0.2) is 58.3 Å². The molecule has 222 valence electrons. The maximum absolute atomic E-state index is 15.0. The van der Waals surface area contributed by atoms with Crippen molar-refractivity contribution in [3.8, 4) is 28.9 Å². The number of ether oxygens (including phenoxy) is 4. The van der Waals surface area contributed by atoms with Gasteiger partial charge in [0.25, 0.3) is 0 Å². The predicted molar refractivity (Wildman–Crippen MR) is 152 cm³/mol. The molecule has 0 aliphatic rings. The highest BCUT2D eigenvalue weighted by atomic mass is 19.1. The monoisotopic (exact) mass is 591 g/mol. The van der Waals surface area contributed by atoms with Gasteiger partial charge in [-0.1, -0.05) is 0 Å². The zero-order valence-electron chi connectivity index (χ0n) is 23.7. The van der Waals surface area contributed by atoms with Crippen LogP contribution in [0.5, 0.6) is 28.9 Å². The zero-order valence-corrected chi connectivity index (χ0v) is 23.7. The molecule has 43 heavy (non-hydrogen) atoms. The Balaban J connectivity index is 1.33. The number of benzene rings is 2. The third-order valence-corrected chi connectivity index (χ3v) is 6.46. The molecule has 5 aromatic rings. The number of methoxy groups -OCH3 is 2. The highest BCUT2D eigenvalue weighted by Crippen LogP contribution is 2.37. The van der Waals surface area contributed by atoms with Gasteiger partial charge < -0.3 is 18.9 Å². The van der Waals surface area contributed by atoms with Gasteiger partial charge in [-0.2, -0.15) is 5.10 Å². The van der Waals surface area contributed by atoms with Crippen LogP contribution in [0.2, 0.25) is 0 Å². The van der Waals surface area contributed by atoms with E-state index in [-0.39, 0.29) is 18.0 Å². The molecule has 3 aromatic heterocycles. The summed E-state index contributed by atoms with van der Waals surface area (Å²) >= 11 is 0. The average molecular weight is 592 g/mol. The van der Waals surface area contributed by atoms with E-state index < -0.39 is 29.0 Å². The molecular weight excluding hydrogens is 565 g/mol. The summed E-state index contributed by atoms with van der Waals surface area (Å²) in [6.07, 6.45) is 0.379. The van der Waals surface area contributed by atoms with Gasteiger partial charge in [0.15, 0.2) is 23.1 Å². The number of nitrogens with one attached hydrogen (secondary N) is 1. The van der Waals surface area contributed by atoms with Gasteiger partial charge in [0, 0.05) is 49.2 Å². The van der Waals surface area contributed by atoms with Crippen molar-refractivity contribution < 1.29 is 28.1 Å². The average Bonchev–Trinajstić information content (AvgIpc) is 3.30. The van der Waals surface area contributed by atoms with Gasteiger partial charge >= 0.3 is 23.2 Å². The lowest BCUT2D eigenvalue weighted by atomic mass is 10.2. The molecule has 0 unspecified atom stereocenters. The lowest BCUT2D eigenvalue weighted by molar-refractivity contribution is 0.210. The van der Waals surface area contributed by atoms with E-state index in [0.29, 0.717) is 33.8 Å². The Hall–Kier alpha value is -5.73. The summed E-state index contributed by atoms with van der Waals surface area (Å²) in [7, 11) is 6.02. The van der Waals surface area contributed by atoms with E-state index in [4.69, 9.17) is 18.9 Å². The lowest BCUT2D eigenvalue weighted by Gasteiger charge is -2.13. The number of rotatable bonds is 8. The summed E-state index contributed by atoms with van der Waals surface area (Å²) in [5.74, 6) is -0.349. The third-order valence-electron chi connectivity index (χ3n) is 6.46. The van der Waals surface area contributed by atoms with Crippen molar-refractivity contribution in [3.63, 3.8) is 0 Å². The van der Waals surface area contributed by atoms with Gasteiger partial charge in [0.1, 0.15) is 5.75 Å². The Morgan fingerprint density at radius 1 is 0.930 bits per heavy atom. The molecule has 0 fully saturated rings. The van der Waals surface area contributed by atoms with E-state index in [9.17, 15) is 14.4 Å². The molecule has 0 saturated heterocycles. The zero-order chi connectivity index (χ0) is 30.8. The van der Waals surface area contributed by atoms with Crippen LogP contribution in [0.25, 0.3) is 10.9 Å². The van der Waals surface area contributed by atoms with Crippen LogP contribution in [-0.2, 0) is 20.6 Å². The van der Waals surface area contributed by atoms with Crippen molar-refractivity contribution in [1.82, 2.24) is 29.1 Å². The fourth-order valence-electron chi connectivity index (χ4n) is 4.22. The predicted octanol–water partition coefficient (Wildman–Crippen LogP) is 3.14. The molecule has 1 N–H and O–H groups in total. The van der Waals surface area contributed by atoms with Crippen LogP contribution in [0.1, 0.15) is 11.4 Å². The number of halogens is 1. The Bertz CT molecular complexity index is 1960. The molecule has 0 atom stereocenters. The van der Waals surface area contributed by atoms with Crippen LogP contribution in [0, 0.1) is 12.7 Å². The summed E-state index contributed by atoms with van der Waals surface area (Å²) in [4.78, 5) is 42.4. The van der Waals surface area contributed by atoms with Crippen molar-refractivity contribution in [2.75, 3.05) is 19.5 Å². The molecule has 1 amide bonds. The van der Waals surface area contributed by atoms with Crippen molar-refractivity contribution in [1.29, 1.82) is 0 Å². The second kappa shape index (κ2) is 11.6. The normalized spacial score (nSPS) is 10.9. The van der Waals surface area contributed by atoms with Crippen LogP contribution in [0.3, 0.4) is 0 Å². The molecule has 2 aromatic carbocycles. The first kappa shape index (κ1) is 28.8. The minimum Gasteiger partial charge on any atom is -0.493 e. The largest absolute Gasteiger partial charge is 0.493 e. The Labute approximate surface area is 242 Å². The van der Waals surface area contributed by atoms with E-state index in [2.05, 4.69) is 20.5 Å². The summed E-state index contributed by atoms with van der Waals surface area (Å²) in [6, 6.07) is 10.3. The standard InChI is InChI=1S/C28H26FN7O7/c1-15-10-17(32-34(15)2)14-36-26(37)25(33-35(3)28(36)39)43-27(38)31-16-6-7-22(19(29)11-16)42-21-8-9-30-20-13-24(41-5)23(40-4)12-18(20)21/h6-13H,14H2,1-5H3,(H,31,38). The second-order valence-corrected chi connectivity index (χ2v) is 9.30. The molecule has 0 bridgehead atoms. The van der Waals surface area contributed by atoms with E-state index in [1.54, 1.807) is 36.0 Å². The van der Waals surface area contributed by atoms with E-state index in [0.717, 1.165) is 21.0 Å². The van der Waals surface area contributed by atoms with E-state index in [1.807, 2.05) is 6.92 Å². The quantitative estimate of drug-likeness (QED) is 0.285. The number of pyridine rings is 1. The molecular formula is C28H26FN7O7. The molecule has 0 aliphatic heterocycles. The van der Waals surface area contributed by atoms with Gasteiger partial charge in [-0.25, -0.2) is 23.2 Å². The third kappa shape index (κ3) is 5.86. The Kier molecular flexibility index (Phi) is 7.79. The van der Waals surface area contributed by atoms with Gasteiger partial charge in [-0.15, -0.1) is 5.10 Å². The molecule has 0 spiro atoms. The molecule has 3 heterocycles. The van der Waals surface area contributed by atoms with Crippen molar-refractivity contribution in [2.24, 2.45) is 14.1 Å². The number of anilines is 1. The number of carbonyl (C=O) groups is 1. The summed E-state index contributed by atoms with van der Waals surface area (Å²) in [5.41, 5.74) is 0.169. The maximum atomic E-state index is 15.0. The number of carbonyl (C=O) groups excluding carboxylic acids is 1. The first-order valence-corrected chi connectivity index (χ1v) is 12.7. The molecule has 0 saturated carbocycles. The minimum absolute atomic E-state index is 0.00921. The van der Waals surface area contributed by atoms with Gasteiger partial charge in [-0.05, 0) is 37.3 Å². The lowest BCUT2D eigenvalue weighted by Crippen LogP contribution is -2.42. The van der Waals surface area contributed by atoms with Crippen LogP contribution < -0.4 is 35.5 Å². The number of hydrogen-bond donors (Lipinski definition) is 1. The molecule has 0 aliphatic carbocycles. The summed E-state index contributed by atoms with van der Waals surface area (Å²) in [5, 5.41) is 10.9. The first-order chi connectivity index (χ1) is 20.6. The van der Waals surface area contributed by atoms with E-state index in [1.165, 1.54) is 39.6 Å². The maximum Gasteiger partial charge on any atom is 0.418 e. The number of fused-ring (bicyclic) bond motifs is 1. The van der Waals surface area contributed by atoms with Crippen LogP contribution in [-0.4, -0.2) is 49.4 Å². The molecule has 0 radical (unpaired) electrons. The Morgan fingerprint density at radius 2 is 1.67 bits per heavy atom. The SMILES string of the molecule is COc1cc2nccc(Oc3ccc(NC(=O)Oc4nn(C)c(=O)n(Cc5cc(C)n(C)n5)c4=O)cc3F)c2cc1OC. The van der Waals surface area contributed by atoms with Crippen LogP contribution >= 0.6 is 0 Å². The highest BCUT2D eigenvalue weighted by Gasteiger charge is 2.19. The fraction of sp³-hybridized carbons (Fsp3) is 0.214. The number of aromatic nitrogens is 6. The molecule has 14 nitrogen and oxygen atoms in total. The van der Waals surface area contributed by atoms with Crippen molar-refractivity contribution in [2.45, 2.75) is 13.5 Å². The van der Waals surface area contributed by atoms with Gasteiger partial charge in [0.2, 0.25) is 0 Å². The van der Waals surface area contributed by atoms with Gasteiger partial charge in [0.05, 0.1) is 32.0 Å². The Morgan fingerprint density at radius 3 is 2.35 bits per heavy atom. The van der Waals surface area contributed by atoms with E-state index >= 15 is 4.39 Å². The number of amides is 1. The fourth-order valence-corrected chi connectivity index (χ4v) is 4.22. The smallest absolute Gasteiger partial charge is 0.418 e.